The maximum Gasteiger partial charge on any atom is 0.0991 e. The SMILES string of the molecule is N#Cc1ccc(-c2nc3ccccc3nc2-c2ccc3ccc(-c4cc(-c5ccccc5)nc(-c5ccccc5)c4)cc3c2)cc1. The summed E-state index contributed by atoms with van der Waals surface area (Å²) in [5, 5.41) is 11.6. The van der Waals surface area contributed by atoms with Crippen molar-refractivity contribution < 1.29 is 0 Å². The third kappa shape index (κ3) is 5.17. The van der Waals surface area contributed by atoms with Gasteiger partial charge in [0.25, 0.3) is 0 Å². The molecule has 8 rings (SSSR count). The molecule has 0 unspecified atom stereocenters. The predicted octanol–water partition coefficient (Wildman–Crippen LogP) is 10.4. The molecule has 0 fully saturated rings. The van der Waals surface area contributed by atoms with E-state index < -0.39 is 0 Å². The zero-order valence-electron chi connectivity index (χ0n) is 24.8. The summed E-state index contributed by atoms with van der Waals surface area (Å²) in [5.41, 5.74) is 12.0. The lowest BCUT2D eigenvalue weighted by Gasteiger charge is -2.13. The molecule has 0 bridgehead atoms. The molecule has 0 spiro atoms. The zero-order valence-corrected chi connectivity index (χ0v) is 24.8. The topological polar surface area (TPSA) is 62.5 Å². The van der Waals surface area contributed by atoms with Gasteiger partial charge in [0.2, 0.25) is 0 Å². The van der Waals surface area contributed by atoms with Crippen LogP contribution in [0, 0.1) is 11.3 Å². The highest BCUT2D eigenvalue weighted by Crippen LogP contribution is 2.35. The number of fused-ring (bicyclic) bond motifs is 2. The quantitative estimate of drug-likeness (QED) is 0.201. The first-order valence-electron chi connectivity index (χ1n) is 15.2. The van der Waals surface area contributed by atoms with Gasteiger partial charge in [-0.15, -0.1) is 0 Å². The van der Waals surface area contributed by atoms with Crippen LogP contribution < -0.4 is 0 Å². The molecule has 214 valence electrons. The van der Waals surface area contributed by atoms with Crippen molar-refractivity contribution in [1.29, 1.82) is 5.26 Å². The fraction of sp³-hybridized carbons (Fsp3) is 0. The molecule has 2 aromatic heterocycles. The molecule has 6 aromatic carbocycles. The fourth-order valence-corrected chi connectivity index (χ4v) is 5.89. The number of hydrogen-bond donors (Lipinski definition) is 0. The molecule has 4 nitrogen and oxygen atoms in total. The number of benzene rings is 6. The van der Waals surface area contributed by atoms with Crippen LogP contribution >= 0.6 is 0 Å². The van der Waals surface area contributed by atoms with E-state index >= 15 is 0 Å². The van der Waals surface area contributed by atoms with Gasteiger partial charge in [0.15, 0.2) is 0 Å². The molecule has 4 heteroatoms. The normalized spacial score (nSPS) is 11.0. The van der Waals surface area contributed by atoms with Crippen molar-refractivity contribution in [3.05, 3.63) is 163 Å². The third-order valence-corrected chi connectivity index (χ3v) is 8.27. The average molecular weight is 587 g/mol. The Balaban J connectivity index is 1.28. The molecule has 8 aromatic rings. The van der Waals surface area contributed by atoms with E-state index in [2.05, 4.69) is 78.9 Å². The van der Waals surface area contributed by atoms with Crippen LogP contribution in [0.5, 0.6) is 0 Å². The summed E-state index contributed by atoms with van der Waals surface area (Å²) >= 11 is 0. The molecular formula is C42H26N4. The smallest absolute Gasteiger partial charge is 0.0991 e. The van der Waals surface area contributed by atoms with E-state index in [1.165, 1.54) is 0 Å². The van der Waals surface area contributed by atoms with Gasteiger partial charge in [0.1, 0.15) is 0 Å². The molecule has 0 aliphatic rings. The molecular weight excluding hydrogens is 560 g/mol. The van der Waals surface area contributed by atoms with Crippen LogP contribution in [0.25, 0.3) is 78.0 Å². The van der Waals surface area contributed by atoms with Crippen molar-refractivity contribution in [3.63, 3.8) is 0 Å². The van der Waals surface area contributed by atoms with Gasteiger partial charge in [-0.2, -0.15) is 5.26 Å². The van der Waals surface area contributed by atoms with Crippen molar-refractivity contribution >= 4 is 21.8 Å². The van der Waals surface area contributed by atoms with E-state index in [0.29, 0.717) is 5.56 Å². The molecule has 0 radical (unpaired) electrons. The maximum atomic E-state index is 9.34. The monoisotopic (exact) mass is 586 g/mol. The Bertz CT molecular complexity index is 2350. The van der Waals surface area contributed by atoms with Crippen LogP contribution in [0.15, 0.2) is 158 Å². The predicted molar refractivity (Wildman–Crippen MR) is 187 cm³/mol. The molecule has 0 aliphatic heterocycles. The average Bonchev–Trinajstić information content (AvgIpc) is 3.14. The van der Waals surface area contributed by atoms with Crippen molar-refractivity contribution in [2.24, 2.45) is 0 Å². The minimum absolute atomic E-state index is 0.610. The van der Waals surface area contributed by atoms with E-state index in [1.54, 1.807) is 0 Å². The van der Waals surface area contributed by atoms with Crippen LogP contribution in [-0.4, -0.2) is 15.0 Å². The van der Waals surface area contributed by atoms with E-state index in [-0.39, 0.29) is 0 Å². The van der Waals surface area contributed by atoms with Crippen LogP contribution in [0.2, 0.25) is 0 Å². The molecule has 0 N–H and O–H groups in total. The summed E-state index contributed by atoms with van der Waals surface area (Å²) in [4.78, 5) is 15.2. The number of nitriles is 1. The number of para-hydroxylation sites is 2. The van der Waals surface area contributed by atoms with Crippen LogP contribution in [-0.2, 0) is 0 Å². The van der Waals surface area contributed by atoms with E-state index in [1.807, 2.05) is 84.9 Å². The lowest BCUT2D eigenvalue weighted by atomic mass is 9.96. The second-order valence-electron chi connectivity index (χ2n) is 11.2. The highest BCUT2D eigenvalue weighted by Gasteiger charge is 2.15. The maximum absolute atomic E-state index is 9.34. The first kappa shape index (κ1) is 27.1. The van der Waals surface area contributed by atoms with Gasteiger partial charge in [-0.3, -0.25) is 0 Å². The molecule has 0 atom stereocenters. The van der Waals surface area contributed by atoms with Crippen LogP contribution in [0.3, 0.4) is 0 Å². The van der Waals surface area contributed by atoms with Gasteiger partial charge < -0.3 is 0 Å². The zero-order chi connectivity index (χ0) is 30.9. The molecule has 0 saturated heterocycles. The number of nitrogens with zero attached hydrogens (tertiary/aromatic N) is 4. The molecule has 46 heavy (non-hydrogen) atoms. The number of aromatic nitrogens is 3. The van der Waals surface area contributed by atoms with Gasteiger partial charge in [0, 0.05) is 22.3 Å². The number of pyridine rings is 1. The summed E-state index contributed by atoms with van der Waals surface area (Å²) in [7, 11) is 0. The molecule has 0 amide bonds. The third-order valence-electron chi connectivity index (χ3n) is 8.27. The second-order valence-corrected chi connectivity index (χ2v) is 11.2. The highest BCUT2D eigenvalue weighted by atomic mass is 14.8. The minimum atomic E-state index is 0.610. The van der Waals surface area contributed by atoms with Crippen molar-refractivity contribution in [2.75, 3.05) is 0 Å². The summed E-state index contributed by atoms with van der Waals surface area (Å²) < 4.78 is 0. The van der Waals surface area contributed by atoms with Gasteiger partial charge in [-0.25, -0.2) is 15.0 Å². The summed E-state index contributed by atoms with van der Waals surface area (Å²) in [5.74, 6) is 0. The lowest BCUT2D eigenvalue weighted by molar-refractivity contribution is 1.29. The van der Waals surface area contributed by atoms with Crippen LogP contribution in [0.1, 0.15) is 5.56 Å². The first-order chi connectivity index (χ1) is 22.7. The fourth-order valence-electron chi connectivity index (χ4n) is 5.89. The lowest BCUT2D eigenvalue weighted by Crippen LogP contribution is -1.96. The number of hydrogen-bond acceptors (Lipinski definition) is 4. The van der Waals surface area contributed by atoms with E-state index in [9.17, 15) is 5.26 Å². The molecule has 0 saturated carbocycles. The summed E-state index contributed by atoms with van der Waals surface area (Å²) in [6.07, 6.45) is 0. The van der Waals surface area contributed by atoms with Gasteiger partial charge >= 0.3 is 0 Å². The van der Waals surface area contributed by atoms with Crippen molar-refractivity contribution in [1.82, 2.24) is 15.0 Å². The Labute approximate surface area is 266 Å². The highest BCUT2D eigenvalue weighted by molar-refractivity contribution is 5.94. The van der Waals surface area contributed by atoms with Gasteiger partial charge in [-0.05, 0) is 70.4 Å². The Morgan fingerprint density at radius 2 is 0.870 bits per heavy atom. The Hall–Kier alpha value is -6.44. The van der Waals surface area contributed by atoms with Gasteiger partial charge in [-0.1, -0.05) is 109 Å². The largest absolute Gasteiger partial charge is 0.248 e. The molecule has 2 heterocycles. The number of rotatable bonds is 5. The summed E-state index contributed by atoms with van der Waals surface area (Å²) in [6.45, 7) is 0. The summed E-state index contributed by atoms with van der Waals surface area (Å²) in [6, 6.07) is 55.7. The Kier molecular flexibility index (Phi) is 6.83. The first-order valence-corrected chi connectivity index (χ1v) is 15.2. The molecule has 0 aliphatic carbocycles. The standard InChI is InChI=1S/C42H26N4/c43-27-28-15-17-32(18-16-28)41-42(46-38-14-8-7-13-37(38)45-41)34-22-20-29-19-21-33(23-35(29)24-34)36-25-39(30-9-3-1-4-10-30)44-40(26-36)31-11-5-2-6-12-31/h1-26H. The van der Waals surface area contributed by atoms with Gasteiger partial charge in [0.05, 0.1) is 45.4 Å². The van der Waals surface area contributed by atoms with Crippen molar-refractivity contribution in [3.8, 4) is 62.2 Å². The van der Waals surface area contributed by atoms with E-state index in [4.69, 9.17) is 15.0 Å². The Morgan fingerprint density at radius 3 is 1.46 bits per heavy atom. The second kappa shape index (κ2) is 11.6. The van der Waals surface area contributed by atoms with E-state index in [0.717, 1.165) is 78.0 Å². The van der Waals surface area contributed by atoms with Crippen molar-refractivity contribution in [2.45, 2.75) is 0 Å². The Morgan fingerprint density at radius 1 is 0.370 bits per heavy atom. The minimum Gasteiger partial charge on any atom is -0.248 e. The van der Waals surface area contributed by atoms with Crippen LogP contribution in [0.4, 0.5) is 0 Å².